The number of sulfone groups is 1. The summed E-state index contributed by atoms with van der Waals surface area (Å²) in [4.78, 5) is 26.6. The number of nitrogens with zero attached hydrogens (tertiary/aromatic N) is 2. The number of halogens is 1. The quantitative estimate of drug-likeness (QED) is 0.367. The second-order valence-corrected chi connectivity index (χ2v) is 8.83. The third kappa shape index (κ3) is 4.56. The third-order valence-electron chi connectivity index (χ3n) is 4.81. The fourth-order valence-electron chi connectivity index (χ4n) is 3.14. The molecule has 1 atom stereocenters. The molecule has 0 spiro atoms. The van der Waals surface area contributed by atoms with Crippen LogP contribution in [0.4, 0.5) is 21.5 Å². The van der Waals surface area contributed by atoms with E-state index in [2.05, 4.69) is 21.2 Å². The Bertz CT molecular complexity index is 1360. The van der Waals surface area contributed by atoms with E-state index in [0.29, 0.717) is 22.6 Å². The van der Waals surface area contributed by atoms with Crippen molar-refractivity contribution in [1.82, 2.24) is 15.8 Å². The molecule has 33 heavy (non-hydrogen) atoms. The van der Waals surface area contributed by atoms with Crippen molar-refractivity contribution < 1.29 is 22.5 Å². The van der Waals surface area contributed by atoms with E-state index in [0.717, 1.165) is 24.3 Å². The van der Waals surface area contributed by atoms with Gasteiger partial charge in [-0.15, -0.1) is 0 Å². The van der Waals surface area contributed by atoms with Gasteiger partial charge in [0, 0.05) is 29.6 Å². The van der Waals surface area contributed by atoms with Crippen LogP contribution in [0.2, 0.25) is 0 Å². The van der Waals surface area contributed by atoms with Gasteiger partial charge < -0.3 is 10.7 Å². The number of anilines is 2. The van der Waals surface area contributed by atoms with Crippen LogP contribution in [0.5, 0.6) is 0 Å². The van der Waals surface area contributed by atoms with Crippen molar-refractivity contribution in [1.29, 1.82) is 0 Å². The summed E-state index contributed by atoms with van der Waals surface area (Å²) in [5, 5.41) is 12.7. The van der Waals surface area contributed by atoms with E-state index >= 15 is 0 Å². The fraction of sp³-hybridized carbons (Fsp3) is 0.0476. The summed E-state index contributed by atoms with van der Waals surface area (Å²) in [6, 6.07) is 10.2. The number of nitro groups is 1. The number of nitrogens with one attached hydrogen (secondary N) is 3. The summed E-state index contributed by atoms with van der Waals surface area (Å²) in [5.41, 5.74) is 7.30. The number of rotatable bonds is 6. The molecule has 3 aromatic rings. The number of aromatic nitrogens is 1. The normalized spacial score (nSPS) is 15.4. The van der Waals surface area contributed by atoms with Crippen LogP contribution < -0.4 is 16.2 Å². The Morgan fingerprint density at radius 2 is 1.79 bits per heavy atom. The molecule has 168 valence electrons. The maximum Gasteiger partial charge on any atom is 0.273 e. The summed E-state index contributed by atoms with van der Waals surface area (Å²) >= 11 is 0. The molecule has 2 aromatic carbocycles. The average Bonchev–Trinajstić information content (AvgIpc) is 3.30. The molecule has 0 saturated carbocycles. The van der Waals surface area contributed by atoms with Crippen LogP contribution in [0.3, 0.4) is 0 Å². The Morgan fingerprint density at radius 1 is 1.09 bits per heavy atom. The average molecular weight is 469 g/mol. The summed E-state index contributed by atoms with van der Waals surface area (Å²) in [6.45, 7) is 0. The van der Waals surface area contributed by atoms with Crippen molar-refractivity contribution in [3.8, 4) is 0 Å². The predicted molar refractivity (Wildman–Crippen MR) is 117 cm³/mol. The number of nitro benzene ring substituents is 1. The Morgan fingerprint density at radius 3 is 2.45 bits per heavy atom. The fourth-order valence-corrected chi connectivity index (χ4v) is 4.33. The smallest absolute Gasteiger partial charge is 0.273 e. The molecule has 0 radical (unpaired) electrons. The Labute approximate surface area is 187 Å². The molecular weight excluding hydrogens is 453 g/mol. The minimum Gasteiger partial charge on any atom is -0.354 e. The predicted octanol–water partition coefficient (Wildman–Crippen LogP) is 2.69. The standard InChI is InChI=1S/C21H16FN5O5S/c22-13-1-3-14(4-2-13)24-20-12-23-10-9-17(20)18-11-19(26-25-18)21(28)33(31,32)16-7-5-15(6-8-16)27(29)30/h1-12,19,24-26H. The molecular formula is C21H16FN5O5S. The molecule has 1 aliphatic rings. The van der Waals surface area contributed by atoms with Crippen LogP contribution in [0, 0.1) is 15.9 Å². The number of benzene rings is 2. The van der Waals surface area contributed by atoms with Crippen LogP contribution in [0.25, 0.3) is 5.70 Å². The minimum absolute atomic E-state index is 0.289. The van der Waals surface area contributed by atoms with E-state index in [1.807, 2.05) is 0 Å². The van der Waals surface area contributed by atoms with E-state index in [4.69, 9.17) is 0 Å². The largest absolute Gasteiger partial charge is 0.354 e. The first-order valence-electron chi connectivity index (χ1n) is 9.49. The van der Waals surface area contributed by atoms with Crippen molar-refractivity contribution >= 4 is 37.7 Å². The number of pyridine rings is 1. The van der Waals surface area contributed by atoms with Gasteiger partial charge in [-0.05, 0) is 48.5 Å². The highest BCUT2D eigenvalue weighted by molar-refractivity contribution is 8.06. The van der Waals surface area contributed by atoms with E-state index in [1.165, 1.54) is 30.6 Å². The summed E-state index contributed by atoms with van der Waals surface area (Å²) in [7, 11) is -4.41. The lowest BCUT2D eigenvalue weighted by atomic mass is 10.1. The van der Waals surface area contributed by atoms with Gasteiger partial charge in [0.15, 0.2) is 0 Å². The second-order valence-electron chi connectivity index (χ2n) is 6.95. The number of carbonyl (C=O) groups is 1. The summed E-state index contributed by atoms with van der Waals surface area (Å²) in [5.74, 6) is -0.382. The molecule has 3 N–H and O–H groups in total. The summed E-state index contributed by atoms with van der Waals surface area (Å²) in [6.07, 6.45) is 4.47. The van der Waals surface area contributed by atoms with Gasteiger partial charge in [0.25, 0.3) is 10.8 Å². The molecule has 0 aliphatic carbocycles. The SMILES string of the molecule is O=C(C1C=C(c2ccncc2Nc2ccc(F)cc2)NN1)S(=O)(=O)c1ccc([N+](=O)[O-])cc1. The highest BCUT2D eigenvalue weighted by Crippen LogP contribution is 2.27. The van der Waals surface area contributed by atoms with E-state index in [-0.39, 0.29) is 16.4 Å². The minimum atomic E-state index is -4.41. The molecule has 1 unspecified atom stereocenters. The second kappa shape index (κ2) is 8.76. The molecule has 0 bridgehead atoms. The van der Waals surface area contributed by atoms with E-state index in [9.17, 15) is 27.7 Å². The lowest BCUT2D eigenvalue weighted by Gasteiger charge is -2.12. The molecule has 10 nitrogen and oxygen atoms in total. The number of hydrazine groups is 1. The van der Waals surface area contributed by atoms with Crippen molar-refractivity contribution in [3.63, 3.8) is 0 Å². The molecule has 12 heteroatoms. The highest BCUT2D eigenvalue weighted by Gasteiger charge is 2.34. The molecule has 0 saturated heterocycles. The zero-order chi connectivity index (χ0) is 23.6. The van der Waals surface area contributed by atoms with Gasteiger partial charge in [0.2, 0.25) is 9.84 Å². The van der Waals surface area contributed by atoms with Gasteiger partial charge in [-0.1, -0.05) is 0 Å². The van der Waals surface area contributed by atoms with Crippen molar-refractivity contribution in [2.45, 2.75) is 10.9 Å². The first-order valence-corrected chi connectivity index (χ1v) is 11.0. The molecule has 2 heterocycles. The third-order valence-corrected chi connectivity index (χ3v) is 6.48. The summed E-state index contributed by atoms with van der Waals surface area (Å²) < 4.78 is 38.6. The first kappa shape index (κ1) is 22.0. The first-order chi connectivity index (χ1) is 15.8. The van der Waals surface area contributed by atoms with Crippen LogP contribution in [0.15, 0.2) is 78.0 Å². The van der Waals surface area contributed by atoms with Crippen LogP contribution >= 0.6 is 0 Å². The van der Waals surface area contributed by atoms with Crippen LogP contribution in [-0.2, 0) is 14.6 Å². The Kier molecular flexibility index (Phi) is 5.85. The maximum atomic E-state index is 13.2. The number of hydrogen-bond acceptors (Lipinski definition) is 9. The topological polar surface area (TPSA) is 143 Å². The van der Waals surface area contributed by atoms with Crippen molar-refractivity contribution in [2.75, 3.05) is 5.32 Å². The molecule has 1 aromatic heterocycles. The van der Waals surface area contributed by atoms with Gasteiger partial charge in [-0.3, -0.25) is 19.9 Å². The monoisotopic (exact) mass is 469 g/mol. The van der Waals surface area contributed by atoms with Crippen molar-refractivity contribution in [2.24, 2.45) is 0 Å². The molecule has 4 rings (SSSR count). The Balaban J connectivity index is 1.58. The van der Waals surface area contributed by atoms with Crippen LogP contribution in [0.1, 0.15) is 5.56 Å². The molecule has 0 fully saturated rings. The molecule has 0 amide bonds. The zero-order valence-electron chi connectivity index (χ0n) is 16.7. The Hall–Kier alpha value is -4.16. The van der Waals surface area contributed by atoms with Gasteiger partial charge in [-0.25, -0.2) is 18.2 Å². The zero-order valence-corrected chi connectivity index (χ0v) is 17.5. The van der Waals surface area contributed by atoms with E-state index in [1.54, 1.807) is 18.2 Å². The lowest BCUT2D eigenvalue weighted by molar-refractivity contribution is -0.384. The lowest BCUT2D eigenvalue weighted by Crippen LogP contribution is -2.40. The van der Waals surface area contributed by atoms with Crippen molar-refractivity contribution in [3.05, 3.63) is 94.6 Å². The molecule has 1 aliphatic heterocycles. The van der Waals surface area contributed by atoms with E-state index < -0.39 is 25.9 Å². The maximum absolute atomic E-state index is 13.2. The van der Waals surface area contributed by atoms with Gasteiger partial charge >= 0.3 is 0 Å². The van der Waals surface area contributed by atoms with Gasteiger partial charge in [0.1, 0.15) is 11.9 Å². The number of non-ortho nitro benzene ring substituents is 1. The number of hydrogen-bond donors (Lipinski definition) is 3. The highest BCUT2D eigenvalue weighted by atomic mass is 32.2. The van der Waals surface area contributed by atoms with Crippen LogP contribution in [-0.4, -0.2) is 29.5 Å². The van der Waals surface area contributed by atoms with Gasteiger partial charge in [0.05, 0.1) is 27.4 Å². The number of carbonyl (C=O) groups excluding carboxylic acids is 1. The van der Waals surface area contributed by atoms with Gasteiger partial charge in [-0.2, -0.15) is 0 Å².